The van der Waals surface area contributed by atoms with Gasteiger partial charge in [-0.05, 0) is 13.3 Å². The quantitative estimate of drug-likeness (QED) is 0.422. The maximum absolute atomic E-state index is 11.2. The van der Waals surface area contributed by atoms with Crippen molar-refractivity contribution in [2.75, 3.05) is 7.11 Å². The van der Waals surface area contributed by atoms with Gasteiger partial charge in [0.25, 0.3) is 0 Å². The summed E-state index contributed by atoms with van der Waals surface area (Å²) in [5.74, 6) is -1.69. The molecule has 2 fully saturated rings. The Balaban J connectivity index is 2.19. The molecule has 0 saturated carbocycles. The molecule has 6 nitrogen and oxygen atoms in total. The Kier molecular flexibility index (Phi) is 7.85. The van der Waals surface area contributed by atoms with Crippen LogP contribution in [0.3, 0.4) is 0 Å². The van der Waals surface area contributed by atoms with Gasteiger partial charge in [-0.25, -0.2) is 4.79 Å². The fourth-order valence-electron chi connectivity index (χ4n) is 4.67. The topological polar surface area (TPSA) is 85.2 Å². The summed E-state index contributed by atoms with van der Waals surface area (Å²) in [5.41, 5.74) is 0. The summed E-state index contributed by atoms with van der Waals surface area (Å²) in [6.07, 6.45) is 6.34. The molecule has 0 aromatic heterocycles. The number of carbonyl (C=O) groups excluding carboxylic acids is 1. The van der Waals surface area contributed by atoms with Crippen molar-refractivity contribution in [2.45, 2.75) is 77.7 Å². The van der Waals surface area contributed by atoms with Crippen molar-refractivity contribution in [3.63, 3.8) is 0 Å². The predicted molar refractivity (Wildman–Crippen MR) is 106 cm³/mol. The van der Waals surface area contributed by atoms with Crippen molar-refractivity contribution in [1.29, 1.82) is 0 Å². The molecule has 28 heavy (non-hydrogen) atoms. The Labute approximate surface area is 168 Å². The van der Waals surface area contributed by atoms with Gasteiger partial charge >= 0.3 is 5.97 Å². The van der Waals surface area contributed by atoms with E-state index in [0.29, 0.717) is 6.42 Å². The molecule has 0 aromatic rings. The third-order valence-corrected chi connectivity index (χ3v) is 6.52. The SMILES string of the molecule is CC[C@H]1[C@H](O)C[C@@]2(O[C@@H]([C@@H](C)C=C/C=C/C(=O)OC)[C@@H](C)[C@@H](O)[C@@H]2C)O[C@@H]1C. The Morgan fingerprint density at radius 2 is 1.93 bits per heavy atom. The van der Waals surface area contributed by atoms with Gasteiger partial charge in [-0.3, -0.25) is 0 Å². The van der Waals surface area contributed by atoms with Gasteiger partial charge in [-0.1, -0.05) is 45.9 Å². The molecule has 0 unspecified atom stereocenters. The number of aliphatic hydroxyl groups excluding tert-OH is 2. The molecule has 160 valence electrons. The normalized spacial score (nSPS) is 42.9. The third kappa shape index (κ3) is 4.67. The maximum Gasteiger partial charge on any atom is 0.330 e. The largest absolute Gasteiger partial charge is 0.466 e. The zero-order chi connectivity index (χ0) is 21.1. The number of allylic oxidation sites excluding steroid dienone is 2. The van der Waals surface area contributed by atoms with E-state index in [0.717, 1.165) is 6.42 Å². The van der Waals surface area contributed by atoms with Crippen molar-refractivity contribution in [3.8, 4) is 0 Å². The summed E-state index contributed by atoms with van der Waals surface area (Å²) in [7, 11) is 1.33. The Hall–Kier alpha value is -1.21. The number of methoxy groups -OCH3 is 1. The highest BCUT2D eigenvalue weighted by Crippen LogP contribution is 2.48. The maximum atomic E-state index is 11.2. The lowest BCUT2D eigenvalue weighted by Gasteiger charge is -2.56. The van der Waals surface area contributed by atoms with Crippen LogP contribution in [0.1, 0.15) is 47.5 Å². The lowest BCUT2D eigenvalue weighted by molar-refractivity contribution is -0.382. The standard InChI is InChI=1S/C22H36O6/c1-7-17-16(5)27-22(12-18(17)23)15(4)20(25)14(3)21(28-22)13(2)10-8-9-11-19(24)26-6/h8-11,13-18,20-21,23,25H,7,12H2,1-6H3/b10-8?,11-9+/t13-,14-,15-,16+,17+,18+,20+,21-,22-/m0/s1. The molecule has 2 saturated heterocycles. The van der Waals surface area contributed by atoms with E-state index in [9.17, 15) is 15.0 Å². The zero-order valence-corrected chi connectivity index (χ0v) is 17.9. The van der Waals surface area contributed by atoms with Crippen LogP contribution in [-0.2, 0) is 19.0 Å². The van der Waals surface area contributed by atoms with Crippen molar-refractivity contribution in [2.24, 2.45) is 23.7 Å². The third-order valence-electron chi connectivity index (χ3n) is 6.52. The number of rotatable bonds is 5. The minimum atomic E-state index is -0.995. The molecule has 0 radical (unpaired) electrons. The highest BCUT2D eigenvalue weighted by Gasteiger charge is 2.57. The number of carbonyl (C=O) groups is 1. The highest BCUT2D eigenvalue weighted by molar-refractivity contribution is 5.82. The van der Waals surface area contributed by atoms with Gasteiger partial charge in [-0.2, -0.15) is 0 Å². The van der Waals surface area contributed by atoms with Gasteiger partial charge < -0.3 is 24.4 Å². The number of ether oxygens (including phenoxy) is 3. The number of aliphatic hydroxyl groups is 2. The summed E-state index contributed by atoms with van der Waals surface area (Å²) in [6.45, 7) is 9.94. The first-order valence-electron chi connectivity index (χ1n) is 10.3. The van der Waals surface area contributed by atoms with E-state index in [1.807, 2.05) is 40.7 Å². The van der Waals surface area contributed by atoms with E-state index in [-0.39, 0.29) is 35.9 Å². The molecular formula is C22H36O6. The van der Waals surface area contributed by atoms with Crippen LogP contribution < -0.4 is 0 Å². The van der Waals surface area contributed by atoms with E-state index in [1.54, 1.807) is 12.2 Å². The minimum absolute atomic E-state index is 0.0173. The Morgan fingerprint density at radius 3 is 2.50 bits per heavy atom. The van der Waals surface area contributed by atoms with Crippen LogP contribution in [0.4, 0.5) is 0 Å². The van der Waals surface area contributed by atoms with Crippen LogP contribution in [0.25, 0.3) is 0 Å². The molecule has 0 aliphatic carbocycles. The van der Waals surface area contributed by atoms with Crippen molar-refractivity contribution < 1.29 is 29.2 Å². The molecule has 2 N–H and O–H groups in total. The van der Waals surface area contributed by atoms with Gasteiger partial charge in [0.05, 0.1) is 31.5 Å². The zero-order valence-electron chi connectivity index (χ0n) is 17.9. The smallest absolute Gasteiger partial charge is 0.330 e. The van der Waals surface area contributed by atoms with Crippen LogP contribution in [0.15, 0.2) is 24.3 Å². The van der Waals surface area contributed by atoms with Gasteiger partial charge in [0.1, 0.15) is 0 Å². The number of hydrogen-bond donors (Lipinski definition) is 2. The predicted octanol–water partition coefficient (Wildman–Crippen LogP) is 2.83. The fourth-order valence-corrected chi connectivity index (χ4v) is 4.67. The summed E-state index contributed by atoms with van der Waals surface area (Å²) >= 11 is 0. The molecule has 0 aromatic carbocycles. The van der Waals surface area contributed by atoms with E-state index >= 15 is 0 Å². The van der Waals surface area contributed by atoms with Crippen molar-refractivity contribution in [1.82, 2.24) is 0 Å². The van der Waals surface area contributed by atoms with Crippen molar-refractivity contribution >= 4 is 5.97 Å². The molecular weight excluding hydrogens is 360 g/mol. The summed E-state index contributed by atoms with van der Waals surface area (Å²) < 4.78 is 17.4. The molecule has 2 aliphatic heterocycles. The van der Waals surface area contributed by atoms with E-state index in [1.165, 1.54) is 13.2 Å². The van der Waals surface area contributed by atoms with Crippen LogP contribution >= 0.6 is 0 Å². The average molecular weight is 397 g/mol. The first kappa shape index (κ1) is 23.1. The van der Waals surface area contributed by atoms with E-state index in [2.05, 4.69) is 4.74 Å². The molecule has 0 amide bonds. The van der Waals surface area contributed by atoms with Gasteiger partial charge in [0, 0.05) is 36.2 Å². The van der Waals surface area contributed by atoms with Gasteiger partial charge in [-0.15, -0.1) is 0 Å². The monoisotopic (exact) mass is 396 g/mol. The summed E-state index contributed by atoms with van der Waals surface area (Å²) in [6, 6.07) is 0. The van der Waals surface area contributed by atoms with Gasteiger partial charge in [0.15, 0.2) is 5.79 Å². The molecule has 0 bridgehead atoms. The Morgan fingerprint density at radius 1 is 1.25 bits per heavy atom. The molecule has 9 atom stereocenters. The Bertz CT molecular complexity index is 574. The van der Waals surface area contributed by atoms with E-state index in [4.69, 9.17) is 9.47 Å². The lowest BCUT2D eigenvalue weighted by Crippen LogP contribution is -2.64. The first-order chi connectivity index (χ1) is 13.2. The van der Waals surface area contributed by atoms with Crippen LogP contribution in [0, 0.1) is 23.7 Å². The first-order valence-corrected chi connectivity index (χ1v) is 10.3. The van der Waals surface area contributed by atoms with Crippen LogP contribution in [0.2, 0.25) is 0 Å². The van der Waals surface area contributed by atoms with Gasteiger partial charge in [0.2, 0.25) is 0 Å². The average Bonchev–Trinajstić information content (AvgIpc) is 2.66. The number of hydrogen-bond acceptors (Lipinski definition) is 6. The van der Waals surface area contributed by atoms with Crippen LogP contribution in [-0.4, -0.2) is 53.5 Å². The van der Waals surface area contributed by atoms with Crippen molar-refractivity contribution in [3.05, 3.63) is 24.3 Å². The fraction of sp³-hybridized carbons (Fsp3) is 0.773. The second-order valence-electron chi connectivity index (χ2n) is 8.33. The summed E-state index contributed by atoms with van der Waals surface area (Å²) in [4.78, 5) is 11.2. The molecule has 2 heterocycles. The van der Waals surface area contributed by atoms with E-state index < -0.39 is 24.0 Å². The van der Waals surface area contributed by atoms with Crippen LogP contribution in [0.5, 0.6) is 0 Å². The highest BCUT2D eigenvalue weighted by atomic mass is 16.7. The number of esters is 1. The summed E-state index contributed by atoms with van der Waals surface area (Å²) in [5, 5.41) is 21.6. The molecule has 2 aliphatic rings. The molecule has 1 spiro atoms. The lowest BCUT2D eigenvalue weighted by atomic mass is 9.73. The molecule has 6 heteroatoms. The second-order valence-corrected chi connectivity index (χ2v) is 8.33. The minimum Gasteiger partial charge on any atom is -0.466 e. The second kappa shape index (κ2) is 9.53. The molecule has 2 rings (SSSR count).